The molecule has 0 aromatic carbocycles. The molecule has 14 heteroatoms. The largest absolute Gasteiger partial charge is 0.416 e. The molecule has 0 amide bonds. The fourth-order valence-electron chi connectivity index (χ4n) is 2.86. The van der Waals surface area contributed by atoms with E-state index in [1.807, 2.05) is 0 Å². The molecule has 0 unspecified atom stereocenters. The van der Waals surface area contributed by atoms with Crippen molar-refractivity contribution in [2.75, 3.05) is 24.8 Å². The van der Waals surface area contributed by atoms with Gasteiger partial charge in [-0.05, 0) is 18.2 Å². The van der Waals surface area contributed by atoms with Crippen molar-refractivity contribution in [2.24, 2.45) is 12.2 Å². The molecule has 3 aromatic heterocycles. The maximum absolute atomic E-state index is 13.1. The normalized spacial score (nSPS) is 12.3. The van der Waals surface area contributed by atoms with Gasteiger partial charge in [0.1, 0.15) is 24.8 Å². The first-order valence-corrected chi connectivity index (χ1v) is 11.1. The van der Waals surface area contributed by atoms with Crippen LogP contribution in [0.15, 0.2) is 40.6 Å². The van der Waals surface area contributed by atoms with Crippen LogP contribution in [0.1, 0.15) is 12.5 Å². The van der Waals surface area contributed by atoms with Crippen molar-refractivity contribution in [3.63, 3.8) is 0 Å². The molecule has 176 valence electrons. The van der Waals surface area contributed by atoms with Crippen molar-refractivity contribution in [1.29, 1.82) is 0 Å². The van der Waals surface area contributed by atoms with E-state index in [1.54, 1.807) is 7.05 Å². The molecule has 3 aromatic rings. The van der Waals surface area contributed by atoms with Crippen LogP contribution in [-0.4, -0.2) is 59.4 Å². The number of halogens is 3. The first kappa shape index (κ1) is 24.1. The number of sulfone groups is 1. The fraction of sp³-hybridized carbons (Fsp3) is 0.316. The molecule has 0 N–H and O–H groups in total. The molecule has 0 aliphatic heterocycles. The van der Waals surface area contributed by atoms with Gasteiger partial charge in [0.2, 0.25) is 0 Å². The van der Waals surface area contributed by atoms with Crippen LogP contribution >= 0.6 is 0 Å². The zero-order valence-electron chi connectivity index (χ0n) is 18.1. The molecule has 3 heterocycles. The quantitative estimate of drug-likeness (QED) is 0.286. The molecule has 0 radical (unpaired) electrons. The number of rotatable bonds is 7. The van der Waals surface area contributed by atoms with Gasteiger partial charge in [-0.2, -0.15) is 13.2 Å². The first-order valence-electron chi connectivity index (χ1n) is 9.45. The van der Waals surface area contributed by atoms with Crippen molar-refractivity contribution in [3.8, 4) is 23.0 Å². The SMILES string of the molecule is CCS(=O)(=O)c1cc(N(C)/C=N/OC)cnc1-c1nnc(-c2cc(C(F)(F)F)ccn2)n1C. The van der Waals surface area contributed by atoms with Crippen LogP contribution in [0.2, 0.25) is 0 Å². The molecule has 0 aliphatic rings. The number of aromatic nitrogens is 5. The van der Waals surface area contributed by atoms with Gasteiger partial charge in [-0.1, -0.05) is 12.1 Å². The van der Waals surface area contributed by atoms with Gasteiger partial charge in [-0.3, -0.25) is 4.98 Å². The lowest BCUT2D eigenvalue weighted by atomic mass is 10.2. The van der Waals surface area contributed by atoms with Crippen molar-refractivity contribution >= 4 is 21.9 Å². The van der Waals surface area contributed by atoms with E-state index in [2.05, 4.69) is 30.2 Å². The second-order valence-corrected chi connectivity index (χ2v) is 9.04. The maximum atomic E-state index is 13.1. The molecule has 0 atom stereocenters. The van der Waals surface area contributed by atoms with E-state index in [9.17, 15) is 21.6 Å². The Kier molecular flexibility index (Phi) is 6.67. The summed E-state index contributed by atoms with van der Waals surface area (Å²) in [6, 6.07) is 3.09. The van der Waals surface area contributed by atoms with E-state index >= 15 is 0 Å². The highest BCUT2D eigenvalue weighted by Gasteiger charge is 2.31. The lowest BCUT2D eigenvalue weighted by Crippen LogP contribution is -2.17. The Morgan fingerprint density at radius 2 is 1.91 bits per heavy atom. The molecule has 0 bridgehead atoms. The number of anilines is 1. The summed E-state index contributed by atoms with van der Waals surface area (Å²) in [5.74, 6) is -0.136. The Bertz CT molecular complexity index is 1290. The van der Waals surface area contributed by atoms with E-state index in [1.165, 1.54) is 49.1 Å². The van der Waals surface area contributed by atoms with E-state index in [0.717, 1.165) is 18.3 Å². The number of hydrogen-bond acceptors (Lipinski definition) is 8. The van der Waals surface area contributed by atoms with Crippen LogP contribution in [0.3, 0.4) is 0 Å². The minimum absolute atomic E-state index is 0.00547. The molecular formula is C19H20F3N7O3S. The monoisotopic (exact) mass is 483 g/mol. The predicted molar refractivity (Wildman–Crippen MR) is 114 cm³/mol. The van der Waals surface area contributed by atoms with Crippen molar-refractivity contribution in [1.82, 2.24) is 24.7 Å². The van der Waals surface area contributed by atoms with Gasteiger partial charge in [-0.15, -0.1) is 10.2 Å². The Morgan fingerprint density at radius 1 is 1.21 bits per heavy atom. The summed E-state index contributed by atoms with van der Waals surface area (Å²) >= 11 is 0. The van der Waals surface area contributed by atoms with Crippen LogP contribution in [-0.2, 0) is 27.9 Å². The van der Waals surface area contributed by atoms with Gasteiger partial charge >= 0.3 is 6.18 Å². The Hall–Kier alpha value is -3.55. The summed E-state index contributed by atoms with van der Waals surface area (Å²) in [7, 11) is 0.717. The summed E-state index contributed by atoms with van der Waals surface area (Å²) in [6.07, 6.45) is -0.803. The summed E-state index contributed by atoms with van der Waals surface area (Å²) < 4.78 is 66.2. The summed E-state index contributed by atoms with van der Waals surface area (Å²) in [5, 5.41) is 11.6. The molecule has 3 rings (SSSR count). The number of oxime groups is 1. The summed E-state index contributed by atoms with van der Waals surface area (Å²) in [5.41, 5.74) is -0.549. The van der Waals surface area contributed by atoms with Crippen LogP contribution in [0.25, 0.3) is 23.0 Å². The zero-order chi connectivity index (χ0) is 24.4. The van der Waals surface area contributed by atoms with Crippen molar-refractivity contribution in [3.05, 3.63) is 36.2 Å². The lowest BCUT2D eigenvalue weighted by molar-refractivity contribution is -0.137. The lowest BCUT2D eigenvalue weighted by Gasteiger charge is -2.15. The Morgan fingerprint density at radius 3 is 2.55 bits per heavy atom. The van der Waals surface area contributed by atoms with Gasteiger partial charge in [-0.25, -0.2) is 13.4 Å². The average molecular weight is 483 g/mol. The van der Waals surface area contributed by atoms with Crippen LogP contribution in [0, 0.1) is 0 Å². The number of pyridine rings is 2. The molecule has 0 aliphatic carbocycles. The third kappa shape index (κ3) is 4.94. The van der Waals surface area contributed by atoms with Gasteiger partial charge in [0.15, 0.2) is 21.5 Å². The van der Waals surface area contributed by atoms with Gasteiger partial charge in [0.05, 0.1) is 28.1 Å². The molecule has 0 spiro atoms. The molecule has 10 nitrogen and oxygen atoms in total. The van der Waals surface area contributed by atoms with Crippen LogP contribution in [0.5, 0.6) is 0 Å². The summed E-state index contributed by atoms with van der Waals surface area (Å²) in [6.45, 7) is 1.48. The summed E-state index contributed by atoms with van der Waals surface area (Å²) in [4.78, 5) is 14.2. The standard InChI is InChI=1S/C19H20F3N7O3S/c1-5-33(30,31)15-9-13(28(2)11-25-32-4)10-24-16(15)18-27-26-17(29(18)3)14-8-12(6-7-23-14)19(20,21)22/h6-11H,5H2,1-4H3/b25-11+. The average Bonchev–Trinajstić information content (AvgIpc) is 3.17. The number of alkyl halides is 3. The predicted octanol–water partition coefficient (Wildman–Crippen LogP) is 2.78. The topological polar surface area (TPSA) is 115 Å². The molecule has 0 fully saturated rings. The first-order chi connectivity index (χ1) is 15.5. The van der Waals surface area contributed by atoms with E-state index < -0.39 is 21.6 Å². The number of nitrogens with zero attached hydrogens (tertiary/aromatic N) is 7. The van der Waals surface area contributed by atoms with Crippen LogP contribution < -0.4 is 4.90 Å². The van der Waals surface area contributed by atoms with E-state index in [-0.39, 0.29) is 33.7 Å². The molecule has 33 heavy (non-hydrogen) atoms. The van der Waals surface area contributed by atoms with Crippen molar-refractivity contribution in [2.45, 2.75) is 18.0 Å². The maximum Gasteiger partial charge on any atom is 0.416 e. The van der Waals surface area contributed by atoms with E-state index in [0.29, 0.717) is 5.69 Å². The Labute approximate surface area is 187 Å². The van der Waals surface area contributed by atoms with Gasteiger partial charge < -0.3 is 14.3 Å². The highest BCUT2D eigenvalue weighted by atomic mass is 32.2. The minimum Gasteiger partial charge on any atom is -0.398 e. The number of hydrogen-bond donors (Lipinski definition) is 0. The third-order valence-electron chi connectivity index (χ3n) is 4.69. The Balaban J connectivity index is 2.14. The second-order valence-electron chi connectivity index (χ2n) is 6.79. The zero-order valence-corrected chi connectivity index (χ0v) is 18.9. The molecule has 0 saturated heterocycles. The van der Waals surface area contributed by atoms with Crippen molar-refractivity contribution < 1.29 is 26.4 Å². The van der Waals surface area contributed by atoms with E-state index in [4.69, 9.17) is 0 Å². The van der Waals surface area contributed by atoms with Gasteiger partial charge in [0.25, 0.3) is 0 Å². The highest BCUT2D eigenvalue weighted by Crippen LogP contribution is 2.33. The van der Waals surface area contributed by atoms with Crippen LogP contribution in [0.4, 0.5) is 18.9 Å². The third-order valence-corrected chi connectivity index (χ3v) is 6.43. The fourth-order valence-corrected chi connectivity index (χ4v) is 3.91. The minimum atomic E-state index is -4.56. The van der Waals surface area contributed by atoms with Gasteiger partial charge in [0, 0.05) is 20.3 Å². The molecule has 0 saturated carbocycles. The molecular weight excluding hydrogens is 463 g/mol. The second kappa shape index (κ2) is 9.13. The smallest absolute Gasteiger partial charge is 0.398 e. The highest BCUT2D eigenvalue weighted by molar-refractivity contribution is 7.91.